The summed E-state index contributed by atoms with van der Waals surface area (Å²) in [4.78, 5) is 10.8. The van der Waals surface area contributed by atoms with Crippen LogP contribution in [0.25, 0.3) is 0 Å². The average molecular weight is 274 g/mol. The molecular formula is C10H14N2O5S. The number of anilines is 2. The van der Waals surface area contributed by atoms with Gasteiger partial charge in [0.25, 0.3) is 0 Å². The van der Waals surface area contributed by atoms with Crippen molar-refractivity contribution in [1.82, 2.24) is 0 Å². The molecule has 0 spiro atoms. The van der Waals surface area contributed by atoms with Gasteiger partial charge in [0, 0.05) is 5.69 Å². The molecule has 1 aromatic carbocycles. The highest BCUT2D eigenvalue weighted by atomic mass is 32.2. The van der Waals surface area contributed by atoms with E-state index >= 15 is 0 Å². The van der Waals surface area contributed by atoms with Crippen LogP contribution >= 0.6 is 0 Å². The number of nitrogens with two attached hydrogens (primary N) is 1. The van der Waals surface area contributed by atoms with Crippen LogP contribution in [0.4, 0.5) is 11.4 Å². The third-order valence-electron chi connectivity index (χ3n) is 2.09. The highest BCUT2D eigenvalue weighted by molar-refractivity contribution is 7.92. The molecule has 8 heteroatoms. The first-order valence-corrected chi connectivity index (χ1v) is 6.65. The minimum absolute atomic E-state index is 0.0279. The van der Waals surface area contributed by atoms with E-state index in [9.17, 15) is 18.3 Å². The van der Waals surface area contributed by atoms with E-state index in [1.54, 1.807) is 0 Å². The summed E-state index contributed by atoms with van der Waals surface area (Å²) >= 11 is 0. The molecule has 0 atom stereocenters. The summed E-state index contributed by atoms with van der Waals surface area (Å²) in [5.41, 5.74) is 5.75. The van der Waals surface area contributed by atoms with Crippen molar-refractivity contribution in [2.45, 2.75) is 6.42 Å². The molecule has 0 heterocycles. The van der Waals surface area contributed by atoms with Crippen molar-refractivity contribution < 1.29 is 23.1 Å². The van der Waals surface area contributed by atoms with E-state index in [0.29, 0.717) is 5.69 Å². The van der Waals surface area contributed by atoms with E-state index in [0.717, 1.165) is 0 Å². The number of hydrogen-bond donors (Lipinski definition) is 3. The number of methoxy groups -OCH3 is 1. The number of sulfonamides is 1. The van der Waals surface area contributed by atoms with Crippen LogP contribution in [0, 0.1) is 0 Å². The van der Waals surface area contributed by atoms with Gasteiger partial charge in [-0.25, -0.2) is 8.42 Å². The van der Waals surface area contributed by atoms with Gasteiger partial charge in [-0.15, -0.1) is 0 Å². The highest BCUT2D eigenvalue weighted by Crippen LogP contribution is 2.26. The van der Waals surface area contributed by atoms with Crippen LogP contribution in [0.1, 0.15) is 6.42 Å². The van der Waals surface area contributed by atoms with Crippen molar-refractivity contribution >= 4 is 27.4 Å². The Bertz CT molecular complexity index is 541. The molecule has 4 N–H and O–H groups in total. The number of rotatable bonds is 5. The number of aromatic hydroxyl groups is 1. The molecule has 0 aliphatic heterocycles. The fourth-order valence-corrected chi connectivity index (χ4v) is 2.21. The minimum Gasteiger partial charge on any atom is -0.506 e. The molecule has 0 amide bonds. The Labute approximate surface area is 105 Å². The van der Waals surface area contributed by atoms with Crippen LogP contribution in [0.15, 0.2) is 18.2 Å². The topological polar surface area (TPSA) is 119 Å². The molecule has 100 valence electrons. The number of esters is 1. The predicted octanol–water partition coefficient (Wildman–Crippen LogP) is 0.279. The van der Waals surface area contributed by atoms with Crippen molar-refractivity contribution in [1.29, 1.82) is 0 Å². The lowest BCUT2D eigenvalue weighted by atomic mass is 10.3. The van der Waals surface area contributed by atoms with E-state index in [2.05, 4.69) is 9.46 Å². The molecule has 0 aromatic heterocycles. The largest absolute Gasteiger partial charge is 0.506 e. The zero-order valence-electron chi connectivity index (χ0n) is 9.71. The third-order valence-corrected chi connectivity index (χ3v) is 3.36. The van der Waals surface area contributed by atoms with E-state index in [4.69, 9.17) is 5.73 Å². The smallest absolute Gasteiger partial charge is 0.306 e. The molecule has 0 aliphatic rings. The van der Waals surface area contributed by atoms with Gasteiger partial charge in [0.2, 0.25) is 10.0 Å². The van der Waals surface area contributed by atoms with Gasteiger partial charge in [0.15, 0.2) is 0 Å². The van der Waals surface area contributed by atoms with Gasteiger partial charge in [-0.3, -0.25) is 9.52 Å². The van der Waals surface area contributed by atoms with Crippen LogP contribution in [0.5, 0.6) is 5.75 Å². The Balaban J connectivity index is 2.76. The van der Waals surface area contributed by atoms with Gasteiger partial charge >= 0.3 is 5.97 Å². The highest BCUT2D eigenvalue weighted by Gasteiger charge is 2.15. The number of phenols is 1. The van der Waals surface area contributed by atoms with Gasteiger partial charge in [0.1, 0.15) is 5.75 Å². The lowest BCUT2D eigenvalue weighted by Gasteiger charge is -2.09. The summed E-state index contributed by atoms with van der Waals surface area (Å²) in [5, 5.41) is 9.45. The van der Waals surface area contributed by atoms with Gasteiger partial charge in [0.05, 0.1) is 25.0 Å². The summed E-state index contributed by atoms with van der Waals surface area (Å²) in [6.45, 7) is 0. The molecular weight excluding hydrogens is 260 g/mol. The van der Waals surface area contributed by atoms with Crippen LogP contribution in [0.3, 0.4) is 0 Å². The Morgan fingerprint density at radius 1 is 1.50 bits per heavy atom. The number of benzene rings is 1. The maximum atomic E-state index is 11.6. The number of carbonyl (C=O) groups is 1. The van der Waals surface area contributed by atoms with E-state index in [1.807, 2.05) is 0 Å². The zero-order valence-corrected chi connectivity index (χ0v) is 10.5. The second-order valence-electron chi connectivity index (χ2n) is 3.52. The molecule has 1 aromatic rings. The van der Waals surface area contributed by atoms with Crippen molar-refractivity contribution in [3.8, 4) is 5.75 Å². The summed E-state index contributed by atoms with van der Waals surface area (Å²) in [6.07, 6.45) is -0.269. The molecule has 0 fully saturated rings. The second-order valence-corrected chi connectivity index (χ2v) is 5.37. The number of phenolic OH excluding ortho intramolecular Hbond substituents is 1. The maximum absolute atomic E-state index is 11.6. The standard InChI is InChI=1S/C10H14N2O5S/c1-17-10(14)4-5-18(15,16)12-8-6-7(11)2-3-9(8)13/h2-3,6,12-13H,4-5,11H2,1H3. The van der Waals surface area contributed by atoms with Crippen LogP contribution in [0.2, 0.25) is 0 Å². The third kappa shape index (κ3) is 4.13. The first kappa shape index (κ1) is 14.1. The summed E-state index contributed by atoms with van der Waals surface area (Å²) in [5.74, 6) is -1.31. The number of nitrogen functional groups attached to an aromatic ring is 1. The van der Waals surface area contributed by atoms with E-state index < -0.39 is 21.7 Å². The molecule has 7 nitrogen and oxygen atoms in total. The van der Waals surface area contributed by atoms with Crippen molar-refractivity contribution in [2.75, 3.05) is 23.3 Å². The van der Waals surface area contributed by atoms with Crippen LogP contribution in [-0.2, 0) is 19.6 Å². The maximum Gasteiger partial charge on any atom is 0.306 e. The van der Waals surface area contributed by atoms with Crippen molar-refractivity contribution in [3.63, 3.8) is 0 Å². The van der Waals surface area contributed by atoms with Gasteiger partial charge in [-0.05, 0) is 18.2 Å². The lowest BCUT2D eigenvalue weighted by Crippen LogP contribution is -2.19. The molecule has 0 unspecified atom stereocenters. The average Bonchev–Trinajstić information content (AvgIpc) is 2.30. The normalized spacial score (nSPS) is 10.9. The molecule has 18 heavy (non-hydrogen) atoms. The van der Waals surface area contributed by atoms with E-state index in [-0.39, 0.29) is 17.9 Å². The first-order valence-electron chi connectivity index (χ1n) is 5.00. The monoisotopic (exact) mass is 274 g/mol. The molecule has 0 saturated carbocycles. The van der Waals surface area contributed by atoms with Gasteiger partial charge in [-0.1, -0.05) is 0 Å². The summed E-state index contributed by atoms with van der Waals surface area (Å²) in [6, 6.07) is 3.99. The number of nitrogens with one attached hydrogen (secondary N) is 1. The fraction of sp³-hybridized carbons (Fsp3) is 0.300. The Hall–Kier alpha value is -1.96. The summed E-state index contributed by atoms with van der Waals surface area (Å²) in [7, 11) is -2.57. The zero-order chi connectivity index (χ0) is 13.8. The van der Waals surface area contributed by atoms with Gasteiger partial charge in [-0.2, -0.15) is 0 Å². The molecule has 0 radical (unpaired) electrons. The molecule has 0 aliphatic carbocycles. The molecule has 0 bridgehead atoms. The Morgan fingerprint density at radius 3 is 2.78 bits per heavy atom. The SMILES string of the molecule is COC(=O)CCS(=O)(=O)Nc1cc(N)ccc1O. The lowest BCUT2D eigenvalue weighted by molar-refractivity contribution is -0.140. The van der Waals surface area contributed by atoms with E-state index in [1.165, 1.54) is 25.3 Å². The fourth-order valence-electron chi connectivity index (χ4n) is 1.17. The number of carbonyl (C=O) groups excluding carboxylic acids is 1. The van der Waals surface area contributed by atoms with Crippen molar-refractivity contribution in [2.24, 2.45) is 0 Å². The minimum atomic E-state index is -3.75. The van der Waals surface area contributed by atoms with Crippen LogP contribution in [-0.4, -0.2) is 32.4 Å². The molecule has 0 saturated heterocycles. The van der Waals surface area contributed by atoms with Gasteiger partial charge < -0.3 is 15.6 Å². The first-order chi connectivity index (χ1) is 8.34. The van der Waals surface area contributed by atoms with Crippen molar-refractivity contribution in [3.05, 3.63) is 18.2 Å². The number of ether oxygens (including phenoxy) is 1. The Morgan fingerprint density at radius 2 is 2.17 bits per heavy atom. The number of hydrogen-bond acceptors (Lipinski definition) is 6. The second kappa shape index (κ2) is 5.58. The predicted molar refractivity (Wildman–Crippen MR) is 66.6 cm³/mol. The Kier molecular flexibility index (Phi) is 4.38. The molecule has 1 rings (SSSR count). The summed E-state index contributed by atoms with van der Waals surface area (Å²) < 4.78 is 29.7. The quantitative estimate of drug-likeness (QED) is 0.307. The van der Waals surface area contributed by atoms with Crippen LogP contribution < -0.4 is 10.5 Å².